The van der Waals surface area contributed by atoms with Crippen LogP contribution in [0.2, 0.25) is 0 Å². The lowest BCUT2D eigenvalue weighted by Crippen LogP contribution is -2.31. The molecule has 0 aliphatic heterocycles. The first-order chi connectivity index (χ1) is 23.2. The van der Waals surface area contributed by atoms with E-state index in [-0.39, 0.29) is 82.3 Å². The van der Waals surface area contributed by atoms with E-state index in [9.17, 15) is 28.8 Å². The summed E-state index contributed by atoms with van der Waals surface area (Å²) in [6.07, 6.45) is 2.84. The molecule has 0 amide bonds. The molecule has 4 aromatic rings. The summed E-state index contributed by atoms with van der Waals surface area (Å²) in [4.78, 5) is 84.9. The van der Waals surface area contributed by atoms with Gasteiger partial charge in [-0.05, 0) is 50.7 Å². The van der Waals surface area contributed by atoms with E-state index in [0.717, 1.165) is 11.1 Å². The molecule has 0 fully saturated rings. The summed E-state index contributed by atoms with van der Waals surface area (Å²) >= 11 is 0. The Labute approximate surface area is 276 Å². The first kappa shape index (κ1) is 29.9. The van der Waals surface area contributed by atoms with Crippen LogP contribution < -0.4 is 0 Å². The van der Waals surface area contributed by atoms with Crippen molar-refractivity contribution >= 4 is 34.7 Å². The number of hydrogen-bond acceptors (Lipinski definition) is 6. The van der Waals surface area contributed by atoms with E-state index >= 15 is 0 Å². The lowest BCUT2D eigenvalue weighted by Gasteiger charge is -2.25. The van der Waals surface area contributed by atoms with Crippen LogP contribution in [0.3, 0.4) is 0 Å². The van der Waals surface area contributed by atoms with Gasteiger partial charge in [-0.1, -0.05) is 60.7 Å². The number of ketones is 6. The Morgan fingerprint density at radius 2 is 0.854 bits per heavy atom. The largest absolute Gasteiger partial charge is 0.336 e. The Kier molecular flexibility index (Phi) is 6.87. The van der Waals surface area contributed by atoms with Gasteiger partial charge in [-0.25, -0.2) is 0 Å². The third-order valence-corrected chi connectivity index (χ3v) is 10.3. The van der Waals surface area contributed by atoms with E-state index in [4.69, 9.17) is 0 Å². The third-order valence-electron chi connectivity index (χ3n) is 10.3. The zero-order chi connectivity index (χ0) is 33.4. The molecule has 2 aromatic heterocycles. The van der Waals surface area contributed by atoms with Crippen molar-refractivity contribution in [3.8, 4) is 0 Å². The number of nitrogens with zero attached hydrogens (tertiary/aromatic N) is 2. The van der Waals surface area contributed by atoms with Crippen LogP contribution >= 0.6 is 0 Å². The summed E-state index contributed by atoms with van der Waals surface area (Å²) in [6, 6.07) is 19.0. The monoisotopic (exact) mass is 636 g/mol. The molecular weight excluding hydrogens is 604 g/mol. The SMILES string of the molecule is CC1=C(C2=C(C)C(=O)c3c4c(n(Cc5ccccc5)c3C2=O)CCCC4=O)C(=O)c2c(c3c(n2Cc2ccccc2)CCCC3=O)C1=O. The number of hydrogen-bond donors (Lipinski definition) is 0. The molecule has 0 saturated heterocycles. The maximum absolute atomic E-state index is 14.8. The number of rotatable bonds is 5. The summed E-state index contributed by atoms with van der Waals surface area (Å²) in [7, 11) is 0. The zero-order valence-corrected chi connectivity index (χ0v) is 26.8. The van der Waals surface area contributed by atoms with Crippen molar-refractivity contribution in [1.82, 2.24) is 9.13 Å². The third kappa shape index (κ3) is 4.21. The fourth-order valence-electron chi connectivity index (χ4n) is 8.12. The smallest absolute Gasteiger partial charge is 0.211 e. The molecule has 2 heterocycles. The Bertz CT molecular complexity index is 2080. The second-order valence-electron chi connectivity index (χ2n) is 13.1. The molecule has 0 spiro atoms. The molecule has 0 atom stereocenters. The van der Waals surface area contributed by atoms with E-state index in [1.807, 2.05) is 60.7 Å². The molecule has 48 heavy (non-hydrogen) atoms. The molecule has 8 nitrogen and oxygen atoms in total. The van der Waals surface area contributed by atoms with Crippen molar-refractivity contribution in [2.24, 2.45) is 0 Å². The number of fused-ring (bicyclic) bond motifs is 6. The second-order valence-corrected chi connectivity index (χ2v) is 13.1. The molecule has 2 aromatic carbocycles. The topological polar surface area (TPSA) is 112 Å². The van der Waals surface area contributed by atoms with Crippen molar-refractivity contribution in [2.75, 3.05) is 0 Å². The van der Waals surface area contributed by atoms with Gasteiger partial charge in [0.15, 0.2) is 23.1 Å². The molecular formula is C40H32N2O6. The van der Waals surface area contributed by atoms with E-state index < -0.39 is 23.1 Å². The summed E-state index contributed by atoms with van der Waals surface area (Å²) in [5, 5.41) is 0. The van der Waals surface area contributed by atoms with Crippen LogP contribution in [-0.4, -0.2) is 43.8 Å². The van der Waals surface area contributed by atoms with Crippen molar-refractivity contribution in [2.45, 2.75) is 65.5 Å². The molecule has 0 bridgehead atoms. The molecule has 0 saturated carbocycles. The van der Waals surface area contributed by atoms with Crippen LogP contribution in [0, 0.1) is 0 Å². The minimum absolute atomic E-state index is 0.0338. The zero-order valence-electron chi connectivity index (χ0n) is 26.8. The fraction of sp³-hybridized carbons (Fsp3) is 0.250. The molecule has 238 valence electrons. The number of Topliss-reactive ketones (excluding diaryl/α,β-unsaturated/α-hetero) is 6. The molecule has 0 N–H and O–H groups in total. The normalized spacial score (nSPS) is 17.5. The number of allylic oxidation sites excluding steroid dienone is 4. The highest BCUT2D eigenvalue weighted by Gasteiger charge is 2.47. The van der Waals surface area contributed by atoms with Crippen LogP contribution in [0.5, 0.6) is 0 Å². The maximum atomic E-state index is 14.8. The van der Waals surface area contributed by atoms with Gasteiger partial charge in [0.1, 0.15) is 11.4 Å². The van der Waals surface area contributed by atoms with Gasteiger partial charge in [-0.2, -0.15) is 0 Å². The maximum Gasteiger partial charge on any atom is 0.211 e. The molecule has 8 rings (SSSR count). The van der Waals surface area contributed by atoms with Gasteiger partial charge >= 0.3 is 0 Å². The van der Waals surface area contributed by atoms with E-state index in [0.29, 0.717) is 48.2 Å². The van der Waals surface area contributed by atoms with Crippen LogP contribution in [0.15, 0.2) is 83.0 Å². The van der Waals surface area contributed by atoms with E-state index in [2.05, 4.69) is 0 Å². The highest BCUT2D eigenvalue weighted by atomic mass is 16.2. The quantitative estimate of drug-likeness (QED) is 0.247. The first-order valence-corrected chi connectivity index (χ1v) is 16.4. The van der Waals surface area contributed by atoms with E-state index in [1.54, 1.807) is 9.13 Å². The highest BCUT2D eigenvalue weighted by Crippen LogP contribution is 2.43. The Hall–Kier alpha value is -5.50. The van der Waals surface area contributed by atoms with Gasteiger partial charge in [0.25, 0.3) is 0 Å². The highest BCUT2D eigenvalue weighted by molar-refractivity contribution is 6.38. The van der Waals surface area contributed by atoms with Crippen molar-refractivity contribution < 1.29 is 28.8 Å². The van der Waals surface area contributed by atoms with Crippen LogP contribution in [0.4, 0.5) is 0 Å². The van der Waals surface area contributed by atoms with E-state index in [1.165, 1.54) is 13.8 Å². The lowest BCUT2D eigenvalue weighted by atomic mass is 9.75. The number of carbonyl (C=O) groups excluding carboxylic acids is 6. The summed E-state index contributed by atoms with van der Waals surface area (Å²) < 4.78 is 3.55. The van der Waals surface area contributed by atoms with Crippen molar-refractivity contribution in [3.05, 3.63) is 139 Å². The van der Waals surface area contributed by atoms with Gasteiger partial charge in [-0.3, -0.25) is 28.8 Å². The molecule has 4 aliphatic rings. The minimum Gasteiger partial charge on any atom is -0.336 e. The summed E-state index contributed by atoms with van der Waals surface area (Å²) in [5.74, 6) is -2.43. The number of carbonyl (C=O) groups is 6. The average Bonchev–Trinajstić information content (AvgIpc) is 3.60. The van der Waals surface area contributed by atoms with Crippen LogP contribution in [0.1, 0.15) is 124 Å². The summed E-state index contributed by atoms with van der Waals surface area (Å²) in [6.45, 7) is 3.53. The Balaban J connectivity index is 1.33. The fourth-order valence-corrected chi connectivity index (χ4v) is 8.12. The van der Waals surface area contributed by atoms with Crippen LogP contribution in [-0.2, 0) is 25.9 Å². The van der Waals surface area contributed by atoms with Crippen LogP contribution in [0.25, 0.3) is 0 Å². The molecule has 4 aliphatic carbocycles. The summed E-state index contributed by atoms with van der Waals surface area (Å²) in [5.41, 5.74) is 3.90. The Morgan fingerprint density at radius 3 is 1.23 bits per heavy atom. The predicted octanol–water partition coefficient (Wildman–Crippen LogP) is 6.52. The average molecular weight is 637 g/mol. The van der Waals surface area contributed by atoms with Gasteiger partial charge in [0.05, 0.1) is 22.3 Å². The second kappa shape index (κ2) is 11.0. The lowest BCUT2D eigenvalue weighted by molar-refractivity contribution is 0.0936. The van der Waals surface area contributed by atoms with Gasteiger partial charge in [0.2, 0.25) is 11.6 Å². The van der Waals surface area contributed by atoms with Crippen molar-refractivity contribution in [1.29, 1.82) is 0 Å². The van der Waals surface area contributed by atoms with Crippen molar-refractivity contribution in [3.63, 3.8) is 0 Å². The van der Waals surface area contributed by atoms with Gasteiger partial charge in [0, 0.05) is 59.6 Å². The number of aromatic nitrogens is 2. The number of benzene rings is 2. The molecule has 8 heteroatoms. The molecule has 0 radical (unpaired) electrons. The van der Waals surface area contributed by atoms with Gasteiger partial charge < -0.3 is 9.13 Å². The minimum atomic E-state index is -0.554. The Morgan fingerprint density at radius 1 is 0.479 bits per heavy atom. The molecule has 0 unspecified atom stereocenters. The predicted molar refractivity (Wildman–Crippen MR) is 177 cm³/mol. The standard InChI is InChI=1S/C40H32N2O6/c1-21-29(39(47)35-33(37(21)45)31-25(15-9-17-27(31)43)41(35)19-23-11-5-3-6-12-23)30-22(2)38(46)34-32-26(16-10-18-28(32)44)42(36(34)40(30)48)20-24-13-7-4-8-14-24/h3-8,11-14H,9-10,15-20H2,1-2H3. The van der Waals surface area contributed by atoms with Gasteiger partial charge in [-0.15, -0.1) is 0 Å². The first-order valence-electron chi connectivity index (χ1n) is 16.4.